The fourth-order valence-electron chi connectivity index (χ4n) is 2.49. The van der Waals surface area contributed by atoms with Gasteiger partial charge in [0.1, 0.15) is 0 Å². The molecule has 1 atom stereocenters. The number of anilines is 1. The molecule has 1 heterocycles. The van der Waals surface area contributed by atoms with Crippen molar-refractivity contribution in [2.45, 2.75) is 18.8 Å². The summed E-state index contributed by atoms with van der Waals surface area (Å²) in [5, 5.41) is 0. The van der Waals surface area contributed by atoms with Crippen LogP contribution in [0.4, 0.5) is 5.69 Å². The van der Waals surface area contributed by atoms with Crippen LogP contribution in [-0.2, 0) is 0 Å². The molecule has 2 rings (SSSR count). The Labute approximate surface area is 97.8 Å². The minimum absolute atomic E-state index is 0.617. The first-order valence-corrected chi connectivity index (χ1v) is 6.01. The molecular weight excluding hydrogens is 196 g/mol. The molecule has 0 fully saturated rings. The van der Waals surface area contributed by atoms with E-state index in [1.165, 1.54) is 11.3 Å². The molecule has 0 saturated carbocycles. The normalized spacial score (nSPS) is 18.6. The summed E-state index contributed by atoms with van der Waals surface area (Å²) >= 11 is 0. The summed E-state index contributed by atoms with van der Waals surface area (Å²) < 4.78 is 0. The van der Waals surface area contributed by atoms with Gasteiger partial charge < -0.3 is 10.6 Å². The average Bonchev–Trinajstić information content (AvgIpc) is 2.66. The molecule has 1 unspecified atom stereocenters. The van der Waals surface area contributed by atoms with Crippen molar-refractivity contribution in [3.63, 3.8) is 0 Å². The fraction of sp³-hybridized carbons (Fsp3) is 0.429. The maximum Gasteiger partial charge on any atom is 0.0402 e. The number of fused-ring (bicyclic) bond motifs is 1. The first-order valence-electron chi connectivity index (χ1n) is 6.01. The Morgan fingerprint density at radius 2 is 2.25 bits per heavy atom. The summed E-state index contributed by atoms with van der Waals surface area (Å²) in [5.74, 6) is 0.617. The van der Waals surface area contributed by atoms with E-state index in [0.717, 1.165) is 32.5 Å². The summed E-state index contributed by atoms with van der Waals surface area (Å²) in [6, 6.07) is 8.70. The monoisotopic (exact) mass is 216 g/mol. The zero-order valence-corrected chi connectivity index (χ0v) is 9.73. The lowest BCUT2D eigenvalue weighted by Crippen LogP contribution is -2.23. The van der Waals surface area contributed by atoms with Gasteiger partial charge in [0.15, 0.2) is 0 Å². The Bertz CT molecular complexity index is 360. The van der Waals surface area contributed by atoms with Crippen LogP contribution in [-0.4, -0.2) is 19.6 Å². The van der Waals surface area contributed by atoms with Gasteiger partial charge in [0.25, 0.3) is 0 Å². The molecule has 2 nitrogen and oxygen atoms in total. The van der Waals surface area contributed by atoms with Crippen LogP contribution in [0.2, 0.25) is 0 Å². The topological polar surface area (TPSA) is 29.3 Å². The van der Waals surface area contributed by atoms with Crippen molar-refractivity contribution in [1.29, 1.82) is 0 Å². The maximum absolute atomic E-state index is 5.68. The summed E-state index contributed by atoms with van der Waals surface area (Å²) in [4.78, 5) is 2.46. The van der Waals surface area contributed by atoms with Crippen LogP contribution in [0.5, 0.6) is 0 Å². The van der Waals surface area contributed by atoms with Gasteiger partial charge in [-0.1, -0.05) is 24.3 Å². The van der Waals surface area contributed by atoms with Crippen LogP contribution >= 0.6 is 0 Å². The zero-order chi connectivity index (χ0) is 11.4. The third-order valence-corrected chi connectivity index (χ3v) is 3.28. The van der Waals surface area contributed by atoms with Crippen molar-refractivity contribution in [3.05, 3.63) is 42.5 Å². The van der Waals surface area contributed by atoms with E-state index in [0.29, 0.717) is 5.92 Å². The number of nitrogens with two attached hydrogens (primary N) is 1. The zero-order valence-electron chi connectivity index (χ0n) is 9.73. The van der Waals surface area contributed by atoms with Crippen LogP contribution in [0.3, 0.4) is 0 Å². The van der Waals surface area contributed by atoms with Gasteiger partial charge in [0, 0.05) is 24.7 Å². The van der Waals surface area contributed by atoms with E-state index in [9.17, 15) is 0 Å². The highest BCUT2D eigenvalue weighted by Gasteiger charge is 2.26. The van der Waals surface area contributed by atoms with Crippen molar-refractivity contribution in [2.75, 3.05) is 24.5 Å². The summed E-state index contributed by atoms with van der Waals surface area (Å²) in [6.45, 7) is 6.74. The summed E-state index contributed by atoms with van der Waals surface area (Å²) in [7, 11) is 0. The summed E-state index contributed by atoms with van der Waals surface area (Å²) in [5.41, 5.74) is 8.54. The Hall–Kier alpha value is -1.28. The molecule has 0 aliphatic carbocycles. The second-order valence-electron chi connectivity index (χ2n) is 4.36. The Balaban J connectivity index is 2.17. The second kappa shape index (κ2) is 5.17. The van der Waals surface area contributed by atoms with Gasteiger partial charge in [-0.3, -0.25) is 0 Å². The van der Waals surface area contributed by atoms with Crippen LogP contribution in [0.1, 0.15) is 24.3 Å². The van der Waals surface area contributed by atoms with E-state index in [2.05, 4.69) is 35.7 Å². The second-order valence-corrected chi connectivity index (χ2v) is 4.36. The molecule has 2 heteroatoms. The first-order chi connectivity index (χ1) is 7.86. The SMILES string of the molecule is C=CCCN1CC(CCN)c2ccccc21. The molecule has 0 aromatic heterocycles. The first kappa shape index (κ1) is 11.2. The van der Waals surface area contributed by atoms with E-state index in [1.807, 2.05) is 6.08 Å². The van der Waals surface area contributed by atoms with Crippen molar-refractivity contribution >= 4 is 5.69 Å². The van der Waals surface area contributed by atoms with E-state index in [4.69, 9.17) is 5.73 Å². The van der Waals surface area contributed by atoms with Crippen molar-refractivity contribution in [2.24, 2.45) is 5.73 Å². The number of nitrogens with zero attached hydrogens (tertiary/aromatic N) is 1. The molecule has 1 aliphatic rings. The molecule has 0 saturated heterocycles. The number of hydrogen-bond donors (Lipinski definition) is 1. The van der Waals surface area contributed by atoms with Gasteiger partial charge in [-0.25, -0.2) is 0 Å². The lowest BCUT2D eigenvalue weighted by molar-refractivity contribution is 0.645. The molecule has 0 spiro atoms. The van der Waals surface area contributed by atoms with Gasteiger partial charge in [-0.15, -0.1) is 6.58 Å². The highest BCUT2D eigenvalue weighted by atomic mass is 15.1. The van der Waals surface area contributed by atoms with Crippen LogP contribution < -0.4 is 10.6 Å². The molecule has 0 radical (unpaired) electrons. The molecule has 16 heavy (non-hydrogen) atoms. The van der Waals surface area contributed by atoms with Crippen molar-refractivity contribution in [1.82, 2.24) is 0 Å². The van der Waals surface area contributed by atoms with Crippen molar-refractivity contribution in [3.8, 4) is 0 Å². The highest BCUT2D eigenvalue weighted by molar-refractivity contribution is 5.60. The van der Waals surface area contributed by atoms with E-state index in [-0.39, 0.29) is 0 Å². The molecule has 1 aromatic carbocycles. The average molecular weight is 216 g/mol. The van der Waals surface area contributed by atoms with Gasteiger partial charge in [0.05, 0.1) is 0 Å². The lowest BCUT2D eigenvalue weighted by Gasteiger charge is -2.18. The standard InChI is InChI=1S/C14H20N2/c1-2-3-10-16-11-12(8-9-15)13-6-4-5-7-14(13)16/h2,4-7,12H,1,3,8-11,15H2. The van der Waals surface area contributed by atoms with Crippen LogP contribution in [0.25, 0.3) is 0 Å². The molecule has 0 amide bonds. The van der Waals surface area contributed by atoms with Gasteiger partial charge >= 0.3 is 0 Å². The van der Waals surface area contributed by atoms with Gasteiger partial charge in [0.2, 0.25) is 0 Å². The Morgan fingerprint density at radius 1 is 1.44 bits per heavy atom. The largest absolute Gasteiger partial charge is 0.370 e. The molecular formula is C14H20N2. The minimum Gasteiger partial charge on any atom is -0.370 e. The highest BCUT2D eigenvalue weighted by Crippen LogP contribution is 2.37. The molecule has 0 bridgehead atoms. The van der Waals surface area contributed by atoms with E-state index < -0.39 is 0 Å². The maximum atomic E-state index is 5.68. The Kier molecular flexibility index (Phi) is 3.62. The number of hydrogen-bond acceptors (Lipinski definition) is 2. The van der Waals surface area contributed by atoms with Gasteiger partial charge in [-0.2, -0.15) is 0 Å². The van der Waals surface area contributed by atoms with E-state index >= 15 is 0 Å². The van der Waals surface area contributed by atoms with Crippen molar-refractivity contribution < 1.29 is 0 Å². The minimum atomic E-state index is 0.617. The smallest absolute Gasteiger partial charge is 0.0402 e. The molecule has 2 N–H and O–H groups in total. The molecule has 86 valence electrons. The number of benzene rings is 1. The summed E-state index contributed by atoms with van der Waals surface area (Å²) in [6.07, 6.45) is 4.12. The van der Waals surface area contributed by atoms with Crippen LogP contribution in [0, 0.1) is 0 Å². The number of para-hydroxylation sites is 1. The fourth-order valence-corrected chi connectivity index (χ4v) is 2.49. The third kappa shape index (κ3) is 2.12. The lowest BCUT2D eigenvalue weighted by atomic mass is 9.98. The number of rotatable bonds is 5. The predicted octanol–water partition coefficient (Wildman–Crippen LogP) is 2.52. The quantitative estimate of drug-likeness (QED) is 0.766. The predicted molar refractivity (Wildman–Crippen MR) is 69.9 cm³/mol. The Morgan fingerprint density at radius 3 is 3.00 bits per heavy atom. The molecule has 1 aliphatic heterocycles. The molecule has 1 aromatic rings. The van der Waals surface area contributed by atoms with Crippen LogP contribution in [0.15, 0.2) is 36.9 Å². The van der Waals surface area contributed by atoms with Gasteiger partial charge in [-0.05, 0) is 31.0 Å². The van der Waals surface area contributed by atoms with E-state index in [1.54, 1.807) is 0 Å². The third-order valence-electron chi connectivity index (χ3n) is 3.28.